The molecule has 0 saturated heterocycles. The van der Waals surface area contributed by atoms with Crippen molar-refractivity contribution in [2.24, 2.45) is 11.7 Å². The molecule has 1 atom stereocenters. The minimum atomic E-state index is -4.51. The Bertz CT molecular complexity index is 289. The summed E-state index contributed by atoms with van der Waals surface area (Å²) < 4.78 is 48.1. The van der Waals surface area contributed by atoms with Gasteiger partial charge in [0.05, 0.1) is 0 Å². The fourth-order valence-electron chi connectivity index (χ4n) is 1.96. The smallest absolute Gasteiger partial charge is 0.329 e. The Labute approximate surface area is 88.3 Å². The van der Waals surface area contributed by atoms with Crippen LogP contribution in [0.2, 0.25) is 0 Å². The number of hydrogen-bond donors (Lipinski definition) is 2. The molecule has 0 spiro atoms. The van der Waals surface area contributed by atoms with E-state index < -0.39 is 21.8 Å². The number of nitrogens with one attached hydrogen (secondary N) is 1. The topological polar surface area (TPSA) is 72.2 Å². The quantitative estimate of drug-likeness (QED) is 0.743. The summed E-state index contributed by atoms with van der Waals surface area (Å²) in [6.45, 7) is 0.0661. The van der Waals surface area contributed by atoms with Gasteiger partial charge in [0.25, 0.3) is 10.0 Å². The zero-order valence-electron chi connectivity index (χ0n) is 8.33. The normalized spacial score (nSPS) is 21.1. The van der Waals surface area contributed by atoms with Gasteiger partial charge in [0, 0.05) is 12.6 Å². The number of sulfonamides is 1. The molecule has 1 saturated carbocycles. The van der Waals surface area contributed by atoms with Crippen LogP contribution in [0.5, 0.6) is 0 Å². The average Bonchev–Trinajstić information content (AvgIpc) is 2.66. The molecule has 0 heterocycles. The molecular weight excluding hydrogens is 226 g/mol. The molecule has 1 aliphatic rings. The Hall–Kier alpha value is -0.270. The third kappa shape index (κ3) is 3.35. The van der Waals surface area contributed by atoms with E-state index in [-0.39, 0.29) is 12.5 Å². The lowest BCUT2D eigenvalue weighted by Gasteiger charge is -2.22. The Morgan fingerprint density at radius 1 is 1.33 bits per heavy atom. The van der Waals surface area contributed by atoms with Gasteiger partial charge in [-0.25, -0.2) is 13.1 Å². The van der Waals surface area contributed by atoms with E-state index in [9.17, 15) is 17.2 Å². The standard InChI is InChI=1S/C8H16F2N2O2S/c9-8(10)15(13,14)12-7(5-11)6-3-1-2-4-6/h6-8,12H,1-5,11H2. The zero-order chi connectivity index (χ0) is 11.5. The van der Waals surface area contributed by atoms with Gasteiger partial charge in [0.15, 0.2) is 0 Å². The van der Waals surface area contributed by atoms with Crippen LogP contribution in [-0.2, 0) is 10.0 Å². The van der Waals surface area contributed by atoms with Crippen LogP contribution in [-0.4, -0.2) is 26.8 Å². The summed E-state index contributed by atoms with van der Waals surface area (Å²) in [4.78, 5) is 0. The fraction of sp³-hybridized carbons (Fsp3) is 1.00. The van der Waals surface area contributed by atoms with Gasteiger partial charge in [0.2, 0.25) is 0 Å². The van der Waals surface area contributed by atoms with Gasteiger partial charge >= 0.3 is 5.76 Å². The molecule has 0 aliphatic heterocycles. The molecule has 1 unspecified atom stereocenters. The van der Waals surface area contributed by atoms with Crippen molar-refractivity contribution in [3.63, 3.8) is 0 Å². The number of halogens is 2. The Kier molecular flexibility index (Phi) is 4.42. The molecule has 0 bridgehead atoms. The van der Waals surface area contributed by atoms with E-state index in [1.807, 2.05) is 4.72 Å². The summed E-state index contributed by atoms with van der Waals surface area (Å²) in [5, 5.41) is 0. The van der Waals surface area contributed by atoms with Gasteiger partial charge in [0.1, 0.15) is 0 Å². The molecule has 0 aromatic rings. The molecule has 0 radical (unpaired) electrons. The van der Waals surface area contributed by atoms with Crippen molar-refractivity contribution in [3.8, 4) is 0 Å². The van der Waals surface area contributed by atoms with Crippen LogP contribution in [0.15, 0.2) is 0 Å². The van der Waals surface area contributed by atoms with Crippen molar-refractivity contribution < 1.29 is 17.2 Å². The maximum atomic E-state index is 12.1. The van der Waals surface area contributed by atoms with Crippen molar-refractivity contribution >= 4 is 10.0 Å². The van der Waals surface area contributed by atoms with Crippen molar-refractivity contribution in [3.05, 3.63) is 0 Å². The molecule has 90 valence electrons. The fourth-order valence-corrected chi connectivity index (χ4v) is 2.77. The first-order valence-electron chi connectivity index (χ1n) is 4.96. The van der Waals surface area contributed by atoms with E-state index in [1.54, 1.807) is 0 Å². The number of rotatable bonds is 5. The van der Waals surface area contributed by atoms with Gasteiger partial charge in [-0.3, -0.25) is 0 Å². The molecule has 4 nitrogen and oxygen atoms in total. The highest BCUT2D eigenvalue weighted by atomic mass is 32.2. The zero-order valence-corrected chi connectivity index (χ0v) is 9.14. The second-order valence-corrected chi connectivity index (χ2v) is 5.49. The van der Waals surface area contributed by atoms with Crippen LogP contribution in [0.4, 0.5) is 8.78 Å². The van der Waals surface area contributed by atoms with Gasteiger partial charge in [-0.2, -0.15) is 8.78 Å². The van der Waals surface area contributed by atoms with Crippen LogP contribution in [0.3, 0.4) is 0 Å². The van der Waals surface area contributed by atoms with Gasteiger partial charge < -0.3 is 5.73 Å². The molecule has 0 aromatic carbocycles. The SMILES string of the molecule is NCC(NS(=O)(=O)C(F)F)C1CCCC1. The van der Waals surface area contributed by atoms with E-state index in [0.717, 1.165) is 25.7 Å². The molecule has 1 fully saturated rings. The Balaban J connectivity index is 2.60. The molecule has 7 heteroatoms. The average molecular weight is 242 g/mol. The molecule has 0 amide bonds. The molecule has 1 rings (SSSR count). The summed E-state index contributed by atoms with van der Waals surface area (Å²) in [5.74, 6) is -3.28. The first-order chi connectivity index (χ1) is 6.97. The number of alkyl halides is 2. The molecule has 1 aliphatic carbocycles. The first kappa shape index (κ1) is 12.8. The predicted octanol–water partition coefficient (Wildman–Crippen LogP) is 0.646. The maximum Gasteiger partial charge on any atom is 0.350 e. The number of hydrogen-bond acceptors (Lipinski definition) is 3. The summed E-state index contributed by atoms with van der Waals surface area (Å²) in [6, 6.07) is -0.550. The van der Waals surface area contributed by atoms with E-state index in [2.05, 4.69) is 0 Å². The Morgan fingerprint density at radius 2 is 1.87 bits per heavy atom. The van der Waals surface area contributed by atoms with Crippen LogP contribution in [0.1, 0.15) is 25.7 Å². The molecular formula is C8H16F2N2O2S. The third-order valence-electron chi connectivity index (χ3n) is 2.77. The minimum absolute atomic E-state index is 0.0661. The van der Waals surface area contributed by atoms with Gasteiger partial charge in [-0.05, 0) is 18.8 Å². The van der Waals surface area contributed by atoms with E-state index in [4.69, 9.17) is 5.73 Å². The van der Waals surface area contributed by atoms with E-state index >= 15 is 0 Å². The van der Waals surface area contributed by atoms with Crippen LogP contribution < -0.4 is 10.5 Å². The lowest BCUT2D eigenvalue weighted by molar-refractivity contribution is 0.229. The van der Waals surface area contributed by atoms with E-state index in [0.29, 0.717) is 0 Å². The largest absolute Gasteiger partial charge is 0.350 e. The minimum Gasteiger partial charge on any atom is -0.329 e. The monoisotopic (exact) mass is 242 g/mol. The number of nitrogens with two attached hydrogens (primary N) is 1. The van der Waals surface area contributed by atoms with Crippen molar-refractivity contribution in [1.82, 2.24) is 4.72 Å². The lowest BCUT2D eigenvalue weighted by atomic mass is 9.99. The predicted molar refractivity (Wildman–Crippen MR) is 52.9 cm³/mol. The Morgan fingerprint density at radius 3 is 2.27 bits per heavy atom. The molecule has 3 N–H and O–H groups in total. The molecule has 0 aromatic heterocycles. The second kappa shape index (κ2) is 5.18. The first-order valence-corrected chi connectivity index (χ1v) is 6.51. The second-order valence-electron chi connectivity index (χ2n) is 3.81. The third-order valence-corrected chi connectivity index (χ3v) is 3.87. The highest BCUT2D eigenvalue weighted by molar-refractivity contribution is 7.89. The van der Waals surface area contributed by atoms with Gasteiger partial charge in [-0.15, -0.1) is 0 Å². The highest BCUT2D eigenvalue weighted by Crippen LogP contribution is 2.27. The van der Waals surface area contributed by atoms with E-state index in [1.165, 1.54) is 0 Å². The summed E-state index contributed by atoms with van der Waals surface area (Å²) >= 11 is 0. The van der Waals surface area contributed by atoms with Crippen molar-refractivity contribution in [2.45, 2.75) is 37.5 Å². The molecule has 15 heavy (non-hydrogen) atoms. The highest BCUT2D eigenvalue weighted by Gasteiger charge is 2.31. The maximum absolute atomic E-state index is 12.1. The summed E-state index contributed by atoms with van der Waals surface area (Å²) in [5.41, 5.74) is 5.39. The summed E-state index contributed by atoms with van der Waals surface area (Å²) in [7, 11) is -4.51. The summed E-state index contributed by atoms with van der Waals surface area (Å²) in [6.07, 6.45) is 3.73. The lowest BCUT2D eigenvalue weighted by Crippen LogP contribution is -2.46. The van der Waals surface area contributed by atoms with Crippen LogP contribution in [0.25, 0.3) is 0 Å². The van der Waals surface area contributed by atoms with Crippen molar-refractivity contribution in [2.75, 3.05) is 6.54 Å². The van der Waals surface area contributed by atoms with Gasteiger partial charge in [-0.1, -0.05) is 12.8 Å². The van der Waals surface area contributed by atoms with Crippen LogP contribution in [0, 0.1) is 5.92 Å². The van der Waals surface area contributed by atoms with Crippen molar-refractivity contribution in [1.29, 1.82) is 0 Å². The van der Waals surface area contributed by atoms with Crippen LogP contribution >= 0.6 is 0 Å².